The van der Waals surface area contributed by atoms with Gasteiger partial charge in [0.1, 0.15) is 0 Å². The molecule has 0 aliphatic carbocycles. The van der Waals surface area contributed by atoms with E-state index in [0.717, 1.165) is 6.54 Å². The fourth-order valence-electron chi connectivity index (χ4n) is 1.30. The van der Waals surface area contributed by atoms with Crippen molar-refractivity contribution in [2.45, 2.75) is 19.5 Å². The van der Waals surface area contributed by atoms with Crippen molar-refractivity contribution >= 4 is 22.7 Å². The Kier molecular flexibility index (Phi) is 3.35. The molecule has 0 radical (unpaired) electrons. The van der Waals surface area contributed by atoms with E-state index < -0.39 is 0 Å². The Balaban J connectivity index is 1.87. The average Bonchev–Trinajstić information content (AvgIpc) is 2.87. The van der Waals surface area contributed by atoms with Gasteiger partial charge < -0.3 is 5.32 Å². The van der Waals surface area contributed by atoms with Gasteiger partial charge in [-0.05, 0) is 40.8 Å². The fraction of sp³-hybridized carbons (Fsp3) is 0.273. The Bertz CT molecular complexity index is 351. The molecule has 74 valence electrons. The lowest BCUT2D eigenvalue weighted by atomic mass is 10.2. The molecular weight excluding hydrogens is 210 g/mol. The van der Waals surface area contributed by atoms with Crippen LogP contribution in [0.2, 0.25) is 0 Å². The molecule has 0 aliphatic heterocycles. The van der Waals surface area contributed by atoms with Gasteiger partial charge in [0.15, 0.2) is 0 Å². The summed E-state index contributed by atoms with van der Waals surface area (Å²) in [6.45, 7) is 3.17. The minimum absolute atomic E-state index is 0.454. The number of hydrogen-bond donors (Lipinski definition) is 1. The Labute approximate surface area is 92.4 Å². The summed E-state index contributed by atoms with van der Waals surface area (Å²) in [4.78, 5) is 1.40. The van der Waals surface area contributed by atoms with Crippen LogP contribution in [-0.2, 0) is 6.54 Å². The number of hydrogen-bond acceptors (Lipinski definition) is 3. The van der Waals surface area contributed by atoms with Gasteiger partial charge in [0.2, 0.25) is 0 Å². The first-order chi connectivity index (χ1) is 6.86. The third kappa shape index (κ3) is 2.44. The molecule has 0 amide bonds. The molecule has 2 rings (SSSR count). The van der Waals surface area contributed by atoms with Crippen LogP contribution in [0.1, 0.15) is 23.4 Å². The summed E-state index contributed by atoms with van der Waals surface area (Å²) < 4.78 is 0. The first-order valence-corrected chi connectivity index (χ1v) is 6.46. The zero-order valence-corrected chi connectivity index (χ0v) is 9.70. The Morgan fingerprint density at radius 1 is 1.36 bits per heavy atom. The molecule has 0 spiro atoms. The van der Waals surface area contributed by atoms with Gasteiger partial charge in [-0.2, -0.15) is 11.3 Å². The zero-order valence-electron chi connectivity index (χ0n) is 8.07. The van der Waals surface area contributed by atoms with Crippen LogP contribution in [0.5, 0.6) is 0 Å². The number of rotatable bonds is 4. The van der Waals surface area contributed by atoms with Crippen molar-refractivity contribution in [2.24, 2.45) is 0 Å². The highest BCUT2D eigenvalue weighted by atomic mass is 32.1. The summed E-state index contributed by atoms with van der Waals surface area (Å²) in [5.74, 6) is 0. The molecule has 1 nitrogen and oxygen atoms in total. The standard InChI is InChI=1S/C11H13NS2/c1-9(11-3-2-5-14-11)12-7-10-4-6-13-8-10/h2-6,8-9,12H,7H2,1H3/t9-/m1/s1. The Morgan fingerprint density at radius 2 is 2.29 bits per heavy atom. The lowest BCUT2D eigenvalue weighted by Crippen LogP contribution is -2.16. The molecule has 1 N–H and O–H groups in total. The lowest BCUT2D eigenvalue weighted by molar-refractivity contribution is 0.584. The maximum atomic E-state index is 3.50. The molecule has 0 aliphatic rings. The maximum Gasteiger partial charge on any atom is 0.0388 e. The van der Waals surface area contributed by atoms with Crippen LogP contribution in [0.4, 0.5) is 0 Å². The molecule has 0 saturated heterocycles. The Hall–Kier alpha value is -0.640. The summed E-state index contributed by atoms with van der Waals surface area (Å²) in [5, 5.41) is 9.93. The topological polar surface area (TPSA) is 12.0 Å². The lowest BCUT2D eigenvalue weighted by Gasteiger charge is -2.10. The summed E-state index contributed by atoms with van der Waals surface area (Å²) in [6, 6.07) is 6.90. The van der Waals surface area contributed by atoms with Crippen molar-refractivity contribution in [2.75, 3.05) is 0 Å². The second-order valence-electron chi connectivity index (χ2n) is 3.25. The van der Waals surface area contributed by atoms with E-state index in [9.17, 15) is 0 Å². The molecule has 0 saturated carbocycles. The van der Waals surface area contributed by atoms with Gasteiger partial charge in [-0.3, -0.25) is 0 Å². The third-order valence-electron chi connectivity index (χ3n) is 2.16. The minimum atomic E-state index is 0.454. The molecule has 0 unspecified atom stereocenters. The van der Waals surface area contributed by atoms with Crippen LogP contribution in [0.25, 0.3) is 0 Å². The van der Waals surface area contributed by atoms with Gasteiger partial charge in [0, 0.05) is 17.5 Å². The molecule has 2 aromatic rings. The van der Waals surface area contributed by atoms with E-state index >= 15 is 0 Å². The van der Waals surface area contributed by atoms with Gasteiger partial charge in [-0.25, -0.2) is 0 Å². The molecule has 2 heterocycles. The van der Waals surface area contributed by atoms with Gasteiger partial charge in [0.05, 0.1) is 0 Å². The molecule has 1 atom stereocenters. The highest BCUT2D eigenvalue weighted by Crippen LogP contribution is 2.18. The normalized spacial score (nSPS) is 12.9. The molecule has 3 heteroatoms. The van der Waals surface area contributed by atoms with Gasteiger partial charge in [0.25, 0.3) is 0 Å². The SMILES string of the molecule is C[C@@H](NCc1ccsc1)c1cccs1. The summed E-state index contributed by atoms with van der Waals surface area (Å²) in [6.07, 6.45) is 0. The molecule has 0 aromatic carbocycles. The van der Waals surface area contributed by atoms with Crippen molar-refractivity contribution in [3.8, 4) is 0 Å². The molecule has 2 aromatic heterocycles. The van der Waals surface area contributed by atoms with Crippen LogP contribution >= 0.6 is 22.7 Å². The van der Waals surface area contributed by atoms with Crippen molar-refractivity contribution in [1.29, 1.82) is 0 Å². The van der Waals surface area contributed by atoms with Gasteiger partial charge >= 0.3 is 0 Å². The van der Waals surface area contributed by atoms with E-state index in [2.05, 4.69) is 46.6 Å². The predicted molar refractivity (Wildman–Crippen MR) is 63.9 cm³/mol. The minimum Gasteiger partial charge on any atom is -0.305 e. The van der Waals surface area contributed by atoms with Crippen molar-refractivity contribution in [1.82, 2.24) is 5.32 Å². The molecule has 14 heavy (non-hydrogen) atoms. The summed E-state index contributed by atoms with van der Waals surface area (Å²) >= 11 is 3.56. The second-order valence-corrected chi connectivity index (χ2v) is 5.01. The van der Waals surface area contributed by atoms with Crippen LogP contribution < -0.4 is 5.32 Å². The monoisotopic (exact) mass is 223 g/mol. The third-order valence-corrected chi connectivity index (χ3v) is 3.95. The quantitative estimate of drug-likeness (QED) is 0.834. The van der Waals surface area contributed by atoms with Crippen LogP contribution in [-0.4, -0.2) is 0 Å². The predicted octanol–water partition coefficient (Wildman–Crippen LogP) is 3.66. The smallest absolute Gasteiger partial charge is 0.0388 e. The average molecular weight is 223 g/mol. The van der Waals surface area contributed by atoms with Crippen LogP contribution in [0, 0.1) is 0 Å². The zero-order chi connectivity index (χ0) is 9.80. The second kappa shape index (κ2) is 4.73. The first kappa shape index (κ1) is 9.90. The fourth-order valence-corrected chi connectivity index (χ4v) is 2.73. The molecule has 0 bridgehead atoms. The van der Waals surface area contributed by atoms with E-state index in [4.69, 9.17) is 0 Å². The highest BCUT2D eigenvalue weighted by molar-refractivity contribution is 7.10. The van der Waals surface area contributed by atoms with E-state index in [1.807, 2.05) is 11.3 Å². The van der Waals surface area contributed by atoms with E-state index in [1.165, 1.54) is 10.4 Å². The van der Waals surface area contributed by atoms with E-state index in [1.54, 1.807) is 11.3 Å². The van der Waals surface area contributed by atoms with Crippen molar-refractivity contribution in [3.05, 3.63) is 44.8 Å². The molecule has 0 fully saturated rings. The molecular formula is C11H13NS2. The summed E-state index contributed by atoms with van der Waals surface area (Å²) in [7, 11) is 0. The summed E-state index contributed by atoms with van der Waals surface area (Å²) in [5.41, 5.74) is 1.37. The maximum absolute atomic E-state index is 3.50. The number of nitrogens with one attached hydrogen (secondary N) is 1. The number of thiophene rings is 2. The highest BCUT2D eigenvalue weighted by Gasteiger charge is 2.04. The first-order valence-electron chi connectivity index (χ1n) is 4.64. The van der Waals surface area contributed by atoms with Crippen LogP contribution in [0.3, 0.4) is 0 Å². The van der Waals surface area contributed by atoms with Gasteiger partial charge in [-0.1, -0.05) is 6.07 Å². The van der Waals surface area contributed by atoms with E-state index in [0.29, 0.717) is 6.04 Å². The Morgan fingerprint density at radius 3 is 2.93 bits per heavy atom. The van der Waals surface area contributed by atoms with E-state index in [-0.39, 0.29) is 0 Å². The largest absolute Gasteiger partial charge is 0.305 e. The van der Waals surface area contributed by atoms with Crippen LogP contribution in [0.15, 0.2) is 34.3 Å². The van der Waals surface area contributed by atoms with Crippen molar-refractivity contribution < 1.29 is 0 Å². The van der Waals surface area contributed by atoms with Gasteiger partial charge in [-0.15, -0.1) is 11.3 Å². The van der Waals surface area contributed by atoms with Crippen molar-refractivity contribution in [3.63, 3.8) is 0 Å².